The van der Waals surface area contributed by atoms with Crippen LogP contribution in [0.4, 0.5) is 5.95 Å². The van der Waals surface area contributed by atoms with E-state index in [1.54, 1.807) is 41.1 Å². The lowest BCUT2D eigenvalue weighted by Gasteiger charge is -2.13. The lowest BCUT2D eigenvalue weighted by Crippen LogP contribution is -2.23. The number of nitrogens with zero attached hydrogens (tertiary/aromatic N) is 4. The highest BCUT2D eigenvalue weighted by molar-refractivity contribution is 7.15. The lowest BCUT2D eigenvalue weighted by molar-refractivity contribution is -0.116. The summed E-state index contributed by atoms with van der Waals surface area (Å²) in [6.45, 7) is 3.62. The van der Waals surface area contributed by atoms with Crippen molar-refractivity contribution in [2.24, 2.45) is 0 Å². The van der Waals surface area contributed by atoms with Gasteiger partial charge in [-0.3, -0.25) is 14.9 Å². The second-order valence-electron chi connectivity index (χ2n) is 6.48. The fourth-order valence-electron chi connectivity index (χ4n) is 3.06. The third-order valence-electron chi connectivity index (χ3n) is 4.39. The number of fused-ring (bicyclic) bond motifs is 1. The molecular weight excluding hydrogens is 433 g/mol. The van der Waals surface area contributed by atoms with E-state index in [1.807, 2.05) is 5.38 Å². The predicted octanol–water partition coefficient (Wildman–Crippen LogP) is 4.18. The molecule has 148 valence electrons. The third-order valence-corrected chi connectivity index (χ3v) is 5.77. The van der Waals surface area contributed by atoms with E-state index < -0.39 is 0 Å². The van der Waals surface area contributed by atoms with Crippen molar-refractivity contribution in [2.75, 3.05) is 5.32 Å². The number of aromatic nitrogens is 4. The number of hydrogen-bond donors (Lipinski definition) is 1. The van der Waals surface area contributed by atoms with Crippen LogP contribution < -0.4 is 10.7 Å². The number of benzene rings is 1. The van der Waals surface area contributed by atoms with Crippen LogP contribution in [0.3, 0.4) is 0 Å². The van der Waals surface area contributed by atoms with Crippen molar-refractivity contribution in [3.8, 4) is 11.3 Å². The molecule has 0 aliphatic heterocycles. The van der Waals surface area contributed by atoms with E-state index in [9.17, 15) is 9.59 Å². The van der Waals surface area contributed by atoms with Gasteiger partial charge in [0.1, 0.15) is 6.54 Å². The Morgan fingerprint density at radius 2 is 1.90 bits per heavy atom. The quantitative estimate of drug-likeness (QED) is 0.508. The number of halogens is 2. The maximum Gasteiger partial charge on any atom is 0.250 e. The van der Waals surface area contributed by atoms with Gasteiger partial charge in [-0.05, 0) is 32.0 Å². The van der Waals surface area contributed by atoms with Gasteiger partial charge in [-0.25, -0.2) is 4.52 Å². The molecule has 0 saturated carbocycles. The number of aryl methyl sites for hydroxylation is 2. The minimum atomic E-state index is -0.291. The molecule has 0 aliphatic rings. The van der Waals surface area contributed by atoms with Crippen LogP contribution in [0.25, 0.3) is 16.2 Å². The Balaban J connectivity index is 1.60. The minimum absolute atomic E-state index is 0.0534. The number of pyridine rings is 1. The highest BCUT2D eigenvalue weighted by atomic mass is 35.5. The van der Waals surface area contributed by atoms with Crippen LogP contribution in [0, 0.1) is 13.8 Å². The van der Waals surface area contributed by atoms with Crippen LogP contribution in [0.2, 0.25) is 10.0 Å². The van der Waals surface area contributed by atoms with E-state index in [-0.39, 0.29) is 23.8 Å². The molecule has 0 spiro atoms. The molecule has 0 bridgehead atoms. The van der Waals surface area contributed by atoms with Gasteiger partial charge in [0.05, 0.1) is 10.7 Å². The molecule has 3 heterocycles. The number of thiazole rings is 1. The van der Waals surface area contributed by atoms with Gasteiger partial charge >= 0.3 is 0 Å². The maximum absolute atomic E-state index is 12.5. The van der Waals surface area contributed by atoms with Crippen molar-refractivity contribution in [3.05, 3.63) is 67.4 Å². The van der Waals surface area contributed by atoms with Crippen molar-refractivity contribution < 1.29 is 4.79 Å². The average Bonchev–Trinajstić information content (AvgIpc) is 3.20. The molecule has 29 heavy (non-hydrogen) atoms. The van der Waals surface area contributed by atoms with Crippen LogP contribution >= 0.6 is 34.5 Å². The molecule has 3 aromatic heterocycles. The summed E-state index contributed by atoms with van der Waals surface area (Å²) in [5.74, 6) is -0.0990. The monoisotopic (exact) mass is 447 g/mol. The molecule has 0 aliphatic carbocycles. The number of rotatable bonds is 4. The Morgan fingerprint density at radius 1 is 1.17 bits per heavy atom. The molecule has 1 amide bonds. The number of nitrogens with one attached hydrogen (secondary N) is 1. The first-order valence-corrected chi connectivity index (χ1v) is 10.2. The van der Waals surface area contributed by atoms with Crippen LogP contribution in [0.1, 0.15) is 11.4 Å². The third kappa shape index (κ3) is 3.91. The van der Waals surface area contributed by atoms with E-state index in [0.29, 0.717) is 26.4 Å². The van der Waals surface area contributed by atoms with Gasteiger partial charge in [-0.2, -0.15) is 4.98 Å². The molecular formula is C19H15Cl2N5O2S. The number of carbonyl (C=O) groups excluding carboxylic acids is 1. The Labute approximate surface area is 179 Å². The standard InChI is InChI=1S/C19H15Cl2N5O2S/c1-10-5-13(27)6-11(2)25(10)8-17(28)22-18-23-19-26(24-18)16(9-29-19)14-7-12(20)3-4-15(14)21/h3-7,9H,8H2,1-2H3,(H,22,24,28). The summed E-state index contributed by atoms with van der Waals surface area (Å²) >= 11 is 13.8. The SMILES string of the molecule is Cc1cc(=O)cc(C)n1CC(=O)Nc1nc2scc(-c3cc(Cl)ccc3Cl)n2n1. The molecule has 10 heteroatoms. The maximum atomic E-state index is 12.5. The first-order chi connectivity index (χ1) is 13.8. The Morgan fingerprint density at radius 3 is 2.62 bits per heavy atom. The first-order valence-electron chi connectivity index (χ1n) is 8.59. The van der Waals surface area contributed by atoms with Gasteiger partial charge in [0, 0.05) is 39.5 Å². The van der Waals surface area contributed by atoms with Crippen molar-refractivity contribution in [3.63, 3.8) is 0 Å². The Bertz CT molecular complexity index is 1280. The van der Waals surface area contributed by atoms with Crippen LogP contribution in [0.5, 0.6) is 0 Å². The molecule has 0 radical (unpaired) electrons. The van der Waals surface area contributed by atoms with Crippen molar-refractivity contribution >= 4 is 51.4 Å². The highest BCUT2D eigenvalue weighted by Gasteiger charge is 2.16. The van der Waals surface area contributed by atoms with Gasteiger partial charge in [0.25, 0.3) is 5.95 Å². The largest absolute Gasteiger partial charge is 0.340 e. The van der Waals surface area contributed by atoms with E-state index in [2.05, 4.69) is 15.4 Å². The van der Waals surface area contributed by atoms with Crippen molar-refractivity contribution in [1.82, 2.24) is 19.2 Å². The summed E-state index contributed by atoms with van der Waals surface area (Å²) in [5.41, 5.74) is 2.80. The number of anilines is 1. The van der Waals surface area contributed by atoms with Crippen molar-refractivity contribution in [1.29, 1.82) is 0 Å². The van der Waals surface area contributed by atoms with Crippen molar-refractivity contribution in [2.45, 2.75) is 20.4 Å². The van der Waals surface area contributed by atoms with Gasteiger partial charge in [0.15, 0.2) is 5.43 Å². The van der Waals surface area contributed by atoms with E-state index in [0.717, 1.165) is 11.3 Å². The zero-order chi connectivity index (χ0) is 20.7. The summed E-state index contributed by atoms with van der Waals surface area (Å²) in [7, 11) is 0. The summed E-state index contributed by atoms with van der Waals surface area (Å²) in [6.07, 6.45) is 0. The molecule has 4 rings (SSSR count). The molecule has 0 atom stereocenters. The lowest BCUT2D eigenvalue weighted by atomic mass is 10.2. The van der Waals surface area contributed by atoms with E-state index >= 15 is 0 Å². The number of hydrogen-bond acceptors (Lipinski definition) is 5. The molecule has 0 unspecified atom stereocenters. The van der Waals surface area contributed by atoms with Gasteiger partial charge in [0.2, 0.25) is 10.9 Å². The molecule has 1 aromatic carbocycles. The normalized spacial score (nSPS) is 11.2. The minimum Gasteiger partial charge on any atom is -0.340 e. The second-order valence-corrected chi connectivity index (χ2v) is 8.16. The fourth-order valence-corrected chi connectivity index (χ4v) is 4.27. The number of carbonyl (C=O) groups is 1. The van der Waals surface area contributed by atoms with Crippen LogP contribution in [-0.2, 0) is 11.3 Å². The molecule has 1 N–H and O–H groups in total. The fraction of sp³-hybridized carbons (Fsp3) is 0.158. The van der Waals surface area contributed by atoms with E-state index in [1.165, 1.54) is 23.5 Å². The zero-order valence-electron chi connectivity index (χ0n) is 15.4. The predicted molar refractivity (Wildman–Crippen MR) is 115 cm³/mol. The molecule has 7 nitrogen and oxygen atoms in total. The smallest absolute Gasteiger partial charge is 0.250 e. The Hall–Kier alpha value is -2.68. The van der Waals surface area contributed by atoms with Crippen LogP contribution in [0.15, 0.2) is 40.5 Å². The van der Waals surface area contributed by atoms with Gasteiger partial charge < -0.3 is 4.57 Å². The molecule has 0 fully saturated rings. The van der Waals surface area contributed by atoms with E-state index in [4.69, 9.17) is 23.2 Å². The van der Waals surface area contributed by atoms with Gasteiger partial charge in [-0.15, -0.1) is 16.4 Å². The summed E-state index contributed by atoms with van der Waals surface area (Å²) in [4.78, 5) is 29.0. The number of amides is 1. The summed E-state index contributed by atoms with van der Waals surface area (Å²) in [6, 6.07) is 8.17. The highest BCUT2D eigenvalue weighted by Crippen LogP contribution is 2.33. The summed E-state index contributed by atoms with van der Waals surface area (Å²) < 4.78 is 3.38. The molecule has 4 aromatic rings. The average molecular weight is 448 g/mol. The summed E-state index contributed by atoms with van der Waals surface area (Å²) in [5, 5.41) is 10.1. The Kier molecular flexibility index (Phi) is 5.16. The topological polar surface area (TPSA) is 81.3 Å². The zero-order valence-corrected chi connectivity index (χ0v) is 17.8. The van der Waals surface area contributed by atoms with Gasteiger partial charge in [-0.1, -0.05) is 23.2 Å². The van der Waals surface area contributed by atoms with Crippen LogP contribution in [-0.4, -0.2) is 25.1 Å². The second kappa shape index (κ2) is 7.62. The molecule has 0 saturated heterocycles. The first kappa shape index (κ1) is 19.6.